The summed E-state index contributed by atoms with van der Waals surface area (Å²) in [5.41, 5.74) is 1.89. The summed E-state index contributed by atoms with van der Waals surface area (Å²) < 4.78 is 56.9. The zero-order valence-corrected chi connectivity index (χ0v) is 20.4. The first-order chi connectivity index (χ1) is 16.7. The van der Waals surface area contributed by atoms with Crippen LogP contribution in [0, 0.1) is 18.6 Å². The maximum atomic E-state index is 14.8. The summed E-state index contributed by atoms with van der Waals surface area (Å²) >= 11 is 1.17. The zero-order chi connectivity index (χ0) is 24.7. The number of thiazole rings is 1. The zero-order valence-electron chi connectivity index (χ0n) is 18.8. The number of carbonyl (C=O) groups excluding carboxylic acids is 1. The van der Waals surface area contributed by atoms with Gasteiger partial charge >= 0.3 is 0 Å². The van der Waals surface area contributed by atoms with E-state index in [1.165, 1.54) is 35.2 Å². The predicted octanol–water partition coefficient (Wildman–Crippen LogP) is 4.30. The highest BCUT2D eigenvalue weighted by molar-refractivity contribution is 7.92. The molecule has 2 bridgehead atoms. The molecule has 0 spiro atoms. The number of fused-ring (bicyclic) bond motifs is 2. The lowest BCUT2D eigenvalue weighted by atomic mass is 10.0. The second-order valence-corrected chi connectivity index (χ2v) is 11.1. The summed E-state index contributed by atoms with van der Waals surface area (Å²) in [4.78, 5) is 23.1. The van der Waals surface area contributed by atoms with Gasteiger partial charge in [-0.2, -0.15) is 8.42 Å². The Morgan fingerprint density at radius 3 is 2.54 bits per heavy atom. The van der Waals surface area contributed by atoms with Crippen LogP contribution >= 0.6 is 11.3 Å². The molecule has 0 radical (unpaired) electrons. The van der Waals surface area contributed by atoms with Gasteiger partial charge < -0.3 is 5.32 Å². The molecule has 4 heterocycles. The normalized spacial score (nSPS) is 19.7. The number of halogens is 2. The van der Waals surface area contributed by atoms with E-state index in [0.717, 1.165) is 31.7 Å². The molecule has 0 unspecified atom stereocenters. The second kappa shape index (κ2) is 9.25. The topological polar surface area (TPSA) is 104 Å². The van der Waals surface area contributed by atoms with Crippen LogP contribution in [0.1, 0.15) is 47.3 Å². The monoisotopic (exact) mass is 519 g/mol. The van der Waals surface area contributed by atoms with E-state index in [4.69, 9.17) is 0 Å². The molecule has 1 amide bonds. The maximum Gasteiger partial charge on any atom is 0.283 e. The predicted molar refractivity (Wildman–Crippen MR) is 128 cm³/mol. The Labute approximate surface area is 205 Å². The van der Waals surface area contributed by atoms with Crippen LogP contribution in [-0.4, -0.2) is 41.3 Å². The van der Waals surface area contributed by atoms with Gasteiger partial charge in [0.2, 0.25) is 5.03 Å². The molecular formula is C23H23F2N5O3S2. The van der Waals surface area contributed by atoms with Crippen LogP contribution in [0.2, 0.25) is 0 Å². The van der Waals surface area contributed by atoms with Crippen molar-refractivity contribution in [3.63, 3.8) is 0 Å². The average molecular weight is 520 g/mol. The number of anilines is 2. The molecule has 0 atom stereocenters. The second-order valence-electron chi connectivity index (χ2n) is 8.75. The molecule has 5 rings (SSSR count). The molecule has 3 aromatic rings. The number of amides is 1. The van der Waals surface area contributed by atoms with E-state index in [1.54, 1.807) is 12.1 Å². The lowest BCUT2D eigenvalue weighted by molar-refractivity contribution is 0.102. The molecule has 2 fully saturated rings. The van der Waals surface area contributed by atoms with Gasteiger partial charge in [-0.25, -0.2) is 18.7 Å². The van der Waals surface area contributed by atoms with Crippen molar-refractivity contribution in [2.24, 2.45) is 0 Å². The number of carbonyl (C=O) groups is 1. The minimum atomic E-state index is -4.34. The van der Waals surface area contributed by atoms with E-state index >= 15 is 0 Å². The number of hydrogen-bond donors (Lipinski definition) is 2. The largest absolute Gasteiger partial charge is 0.320 e. The molecule has 1 aromatic carbocycles. The Morgan fingerprint density at radius 1 is 1.17 bits per heavy atom. The van der Waals surface area contributed by atoms with E-state index in [2.05, 4.69) is 24.9 Å². The fourth-order valence-electron chi connectivity index (χ4n) is 4.94. The Balaban J connectivity index is 1.39. The summed E-state index contributed by atoms with van der Waals surface area (Å²) in [5.74, 6) is -2.53. The van der Waals surface area contributed by atoms with E-state index in [1.807, 2.05) is 0 Å². The number of rotatable bonds is 7. The standard InChI is InChI=1S/C23H23F2N5O3S2/c1-13-19(9-18(25)23(27-13)35(32,33)29-20-11-34-12-26-20)28-22(31)21-14(3-2-4-17(21)24)10-30-15-5-6-16(30)8-7-15/h2-4,9,11-12,15-16,29H,5-8,10H2,1H3,(H,28,31). The van der Waals surface area contributed by atoms with E-state index in [0.29, 0.717) is 24.2 Å². The van der Waals surface area contributed by atoms with Crippen molar-refractivity contribution in [2.45, 2.75) is 56.3 Å². The third kappa shape index (κ3) is 4.65. The first kappa shape index (κ1) is 23.8. The number of nitrogens with one attached hydrogen (secondary N) is 2. The van der Waals surface area contributed by atoms with Gasteiger partial charge in [-0.3, -0.25) is 14.4 Å². The third-order valence-electron chi connectivity index (χ3n) is 6.59. The third-order valence-corrected chi connectivity index (χ3v) is 8.45. The molecule has 0 aliphatic carbocycles. The van der Waals surface area contributed by atoms with Crippen molar-refractivity contribution in [3.8, 4) is 0 Å². The Bertz CT molecular complexity index is 1360. The van der Waals surface area contributed by atoms with Crippen LogP contribution in [-0.2, 0) is 16.6 Å². The number of aromatic nitrogens is 2. The number of hydrogen-bond acceptors (Lipinski definition) is 7. The van der Waals surface area contributed by atoms with Gasteiger partial charge in [0.25, 0.3) is 15.9 Å². The van der Waals surface area contributed by atoms with E-state index in [9.17, 15) is 22.0 Å². The molecule has 2 saturated heterocycles. The SMILES string of the molecule is Cc1nc(S(=O)(=O)Nc2cscn2)c(F)cc1NC(=O)c1c(F)cccc1CN1C2CCC1CC2. The molecule has 184 valence electrons. The van der Waals surface area contributed by atoms with Crippen LogP contribution in [0.4, 0.5) is 20.3 Å². The van der Waals surface area contributed by atoms with Crippen LogP contribution in [0.15, 0.2) is 40.2 Å². The van der Waals surface area contributed by atoms with Crippen LogP contribution in [0.5, 0.6) is 0 Å². The average Bonchev–Trinajstić information content (AvgIpc) is 3.54. The fraction of sp³-hybridized carbons (Fsp3) is 0.348. The molecule has 2 aliphatic heterocycles. The quantitative estimate of drug-likeness (QED) is 0.482. The summed E-state index contributed by atoms with van der Waals surface area (Å²) in [6, 6.07) is 6.28. The molecular weight excluding hydrogens is 496 g/mol. The Hall–Kier alpha value is -2.96. The van der Waals surface area contributed by atoms with Gasteiger partial charge in [-0.15, -0.1) is 11.3 Å². The smallest absolute Gasteiger partial charge is 0.283 e. The number of pyridine rings is 1. The molecule has 0 saturated carbocycles. The van der Waals surface area contributed by atoms with Crippen LogP contribution in [0.3, 0.4) is 0 Å². The minimum absolute atomic E-state index is 0.0458. The summed E-state index contributed by atoms with van der Waals surface area (Å²) in [5, 5.41) is 3.14. The lowest BCUT2D eigenvalue weighted by Crippen LogP contribution is -2.29. The highest BCUT2D eigenvalue weighted by Crippen LogP contribution is 2.39. The van der Waals surface area contributed by atoms with Crippen molar-refractivity contribution in [1.82, 2.24) is 14.9 Å². The first-order valence-corrected chi connectivity index (χ1v) is 13.6. The summed E-state index contributed by atoms with van der Waals surface area (Å²) in [6.07, 6.45) is 4.44. The van der Waals surface area contributed by atoms with Crippen LogP contribution in [0.25, 0.3) is 0 Å². The molecule has 2 aromatic heterocycles. The van der Waals surface area contributed by atoms with Crippen molar-refractivity contribution in [2.75, 3.05) is 10.0 Å². The van der Waals surface area contributed by atoms with Gasteiger partial charge in [0.1, 0.15) is 5.82 Å². The number of benzene rings is 1. The minimum Gasteiger partial charge on any atom is -0.320 e. The van der Waals surface area contributed by atoms with Gasteiger partial charge in [0, 0.05) is 30.1 Å². The highest BCUT2D eigenvalue weighted by Gasteiger charge is 2.39. The van der Waals surface area contributed by atoms with E-state index in [-0.39, 0.29) is 22.8 Å². The van der Waals surface area contributed by atoms with Gasteiger partial charge in [0.05, 0.1) is 22.5 Å². The first-order valence-electron chi connectivity index (χ1n) is 11.2. The summed E-state index contributed by atoms with van der Waals surface area (Å²) in [6.45, 7) is 1.89. The highest BCUT2D eigenvalue weighted by atomic mass is 32.2. The van der Waals surface area contributed by atoms with Crippen LogP contribution < -0.4 is 10.0 Å². The Kier molecular flexibility index (Phi) is 6.28. The van der Waals surface area contributed by atoms with Gasteiger partial charge in [0.15, 0.2) is 11.6 Å². The van der Waals surface area contributed by atoms with Gasteiger partial charge in [-0.1, -0.05) is 12.1 Å². The molecule has 2 aliphatic rings. The molecule has 35 heavy (non-hydrogen) atoms. The number of aryl methyl sites for hydroxylation is 1. The summed E-state index contributed by atoms with van der Waals surface area (Å²) in [7, 11) is -4.34. The fourth-order valence-corrected chi connectivity index (χ4v) is 6.55. The van der Waals surface area contributed by atoms with Crippen molar-refractivity contribution < 1.29 is 22.0 Å². The molecule has 8 nitrogen and oxygen atoms in total. The molecule has 2 N–H and O–H groups in total. The number of sulfonamides is 1. The van der Waals surface area contributed by atoms with Crippen molar-refractivity contribution >= 4 is 38.8 Å². The number of nitrogens with zero attached hydrogens (tertiary/aromatic N) is 3. The van der Waals surface area contributed by atoms with Crippen molar-refractivity contribution in [3.05, 3.63) is 63.6 Å². The van der Waals surface area contributed by atoms with Gasteiger partial charge in [-0.05, 0) is 44.2 Å². The lowest BCUT2D eigenvalue weighted by Gasteiger charge is -2.23. The maximum absolute atomic E-state index is 14.8. The van der Waals surface area contributed by atoms with E-state index < -0.39 is 32.6 Å². The molecule has 12 heteroatoms. The van der Waals surface area contributed by atoms with Crippen molar-refractivity contribution in [1.29, 1.82) is 0 Å². The Morgan fingerprint density at radius 2 is 1.89 bits per heavy atom.